The van der Waals surface area contributed by atoms with Crippen molar-refractivity contribution in [1.82, 2.24) is 10.1 Å². The zero-order chi connectivity index (χ0) is 11.0. The van der Waals surface area contributed by atoms with Crippen LogP contribution in [-0.4, -0.2) is 28.3 Å². The summed E-state index contributed by atoms with van der Waals surface area (Å²) in [7, 11) is 0. The predicted molar refractivity (Wildman–Crippen MR) is 60.7 cm³/mol. The maximum absolute atomic E-state index is 9.55. The van der Waals surface area contributed by atoms with Crippen molar-refractivity contribution in [3.63, 3.8) is 0 Å². The maximum atomic E-state index is 9.55. The third kappa shape index (κ3) is 1.55. The normalized spacial score (nSPS) is 15.9. The Bertz CT molecular complexity index is 488. The minimum absolute atomic E-state index is 0.196. The van der Waals surface area contributed by atoms with Gasteiger partial charge in [0.1, 0.15) is 10.6 Å². The van der Waals surface area contributed by atoms with Gasteiger partial charge in [0.2, 0.25) is 0 Å². The smallest absolute Gasteiger partial charge is 0.273 e. The maximum Gasteiger partial charge on any atom is 0.273 e. The monoisotopic (exact) mass is 237 g/mol. The van der Waals surface area contributed by atoms with Crippen LogP contribution in [0.5, 0.6) is 5.75 Å². The van der Waals surface area contributed by atoms with E-state index in [2.05, 4.69) is 15.0 Å². The van der Waals surface area contributed by atoms with Crippen molar-refractivity contribution in [3.8, 4) is 16.5 Å². The second kappa shape index (κ2) is 3.79. The molecule has 0 saturated carbocycles. The molecule has 0 amide bonds. The molecule has 1 fully saturated rings. The molecule has 3 heterocycles. The molecule has 0 aliphatic carbocycles. The van der Waals surface area contributed by atoms with Gasteiger partial charge < -0.3 is 14.5 Å². The minimum atomic E-state index is 0.196. The minimum Gasteiger partial charge on any atom is -0.506 e. The lowest BCUT2D eigenvalue weighted by Crippen LogP contribution is -2.18. The molecule has 1 aliphatic heterocycles. The highest BCUT2D eigenvalue weighted by molar-refractivity contribution is 7.13. The Morgan fingerprint density at radius 1 is 1.38 bits per heavy atom. The highest BCUT2D eigenvalue weighted by atomic mass is 32.1. The van der Waals surface area contributed by atoms with Gasteiger partial charge in [-0.1, -0.05) is 0 Å². The standard InChI is InChI=1S/C10H11N3O2S/c14-7-3-6-16-8(7)9-11-10(12-15-9)13-4-1-2-5-13/h3,6,14H,1-2,4-5H2. The molecule has 1 saturated heterocycles. The van der Waals surface area contributed by atoms with Crippen LogP contribution in [0.25, 0.3) is 10.8 Å². The summed E-state index contributed by atoms with van der Waals surface area (Å²) in [5, 5.41) is 15.3. The Hall–Kier alpha value is -1.56. The SMILES string of the molecule is Oc1ccsc1-c1nc(N2CCCC2)no1. The Labute approximate surface area is 96.3 Å². The van der Waals surface area contributed by atoms with Gasteiger partial charge in [-0.3, -0.25) is 0 Å². The lowest BCUT2D eigenvalue weighted by molar-refractivity contribution is 0.425. The van der Waals surface area contributed by atoms with Crippen LogP contribution in [0.4, 0.5) is 5.95 Å². The average molecular weight is 237 g/mol. The summed E-state index contributed by atoms with van der Waals surface area (Å²) < 4.78 is 5.15. The van der Waals surface area contributed by atoms with E-state index in [1.807, 2.05) is 0 Å². The molecule has 2 aromatic rings. The number of hydrogen-bond acceptors (Lipinski definition) is 6. The van der Waals surface area contributed by atoms with Gasteiger partial charge in [0, 0.05) is 13.1 Å². The molecule has 0 unspecified atom stereocenters. The fraction of sp³-hybridized carbons (Fsp3) is 0.400. The molecule has 84 valence electrons. The zero-order valence-electron chi connectivity index (χ0n) is 8.59. The molecule has 2 aromatic heterocycles. The lowest BCUT2D eigenvalue weighted by atomic mass is 10.4. The van der Waals surface area contributed by atoms with Crippen LogP contribution in [0.1, 0.15) is 12.8 Å². The van der Waals surface area contributed by atoms with Gasteiger partial charge in [0.05, 0.1) is 0 Å². The molecular weight excluding hydrogens is 226 g/mol. The van der Waals surface area contributed by atoms with Crippen LogP contribution in [-0.2, 0) is 0 Å². The van der Waals surface area contributed by atoms with E-state index in [1.54, 1.807) is 11.4 Å². The number of anilines is 1. The molecule has 3 rings (SSSR count). The highest BCUT2D eigenvalue weighted by Crippen LogP contribution is 2.34. The summed E-state index contributed by atoms with van der Waals surface area (Å²) in [5.41, 5.74) is 0. The van der Waals surface area contributed by atoms with Gasteiger partial charge in [-0.25, -0.2) is 0 Å². The molecule has 1 aliphatic rings. The van der Waals surface area contributed by atoms with E-state index in [9.17, 15) is 5.11 Å². The number of nitrogens with zero attached hydrogens (tertiary/aromatic N) is 3. The summed E-state index contributed by atoms with van der Waals surface area (Å²) in [6.07, 6.45) is 2.35. The molecule has 0 spiro atoms. The Kier molecular flexibility index (Phi) is 2.28. The first-order valence-electron chi connectivity index (χ1n) is 5.20. The van der Waals surface area contributed by atoms with Gasteiger partial charge in [-0.2, -0.15) is 4.98 Å². The van der Waals surface area contributed by atoms with E-state index in [1.165, 1.54) is 24.2 Å². The van der Waals surface area contributed by atoms with Crippen LogP contribution in [0.15, 0.2) is 16.0 Å². The number of aromatic hydroxyl groups is 1. The number of thiophene rings is 1. The van der Waals surface area contributed by atoms with Gasteiger partial charge in [0.15, 0.2) is 0 Å². The summed E-state index contributed by atoms with van der Waals surface area (Å²) in [6, 6.07) is 1.62. The van der Waals surface area contributed by atoms with Crippen molar-refractivity contribution >= 4 is 17.3 Å². The largest absolute Gasteiger partial charge is 0.506 e. The van der Waals surface area contributed by atoms with Crippen LogP contribution >= 0.6 is 11.3 Å². The van der Waals surface area contributed by atoms with Crippen LogP contribution < -0.4 is 4.90 Å². The molecular formula is C10H11N3O2S. The van der Waals surface area contributed by atoms with E-state index in [0.29, 0.717) is 16.7 Å². The van der Waals surface area contributed by atoms with Crippen LogP contribution in [0, 0.1) is 0 Å². The summed E-state index contributed by atoms with van der Waals surface area (Å²) in [5.74, 6) is 1.22. The zero-order valence-corrected chi connectivity index (χ0v) is 9.40. The van der Waals surface area contributed by atoms with Gasteiger partial charge >= 0.3 is 0 Å². The van der Waals surface area contributed by atoms with Gasteiger partial charge in [-0.15, -0.1) is 11.3 Å². The second-order valence-corrected chi connectivity index (χ2v) is 4.64. The first-order chi connectivity index (χ1) is 7.84. The molecule has 1 N–H and O–H groups in total. The third-order valence-electron chi connectivity index (χ3n) is 2.64. The first kappa shape index (κ1) is 9.65. The quantitative estimate of drug-likeness (QED) is 0.866. The van der Waals surface area contributed by atoms with Crippen molar-refractivity contribution in [3.05, 3.63) is 11.4 Å². The van der Waals surface area contributed by atoms with Crippen molar-refractivity contribution in [1.29, 1.82) is 0 Å². The van der Waals surface area contributed by atoms with E-state index in [4.69, 9.17) is 4.52 Å². The van der Waals surface area contributed by atoms with E-state index in [-0.39, 0.29) is 5.75 Å². The second-order valence-electron chi connectivity index (χ2n) is 3.73. The molecule has 0 radical (unpaired) electrons. The fourth-order valence-corrected chi connectivity index (χ4v) is 2.52. The average Bonchev–Trinajstić information content (AvgIpc) is 2.96. The topological polar surface area (TPSA) is 62.4 Å². The van der Waals surface area contributed by atoms with Crippen molar-refractivity contribution in [2.24, 2.45) is 0 Å². The molecule has 0 aromatic carbocycles. The van der Waals surface area contributed by atoms with Crippen molar-refractivity contribution in [2.45, 2.75) is 12.8 Å². The first-order valence-corrected chi connectivity index (χ1v) is 6.08. The third-order valence-corrected chi connectivity index (χ3v) is 3.53. The van der Waals surface area contributed by atoms with E-state index in [0.717, 1.165) is 13.1 Å². The molecule has 0 atom stereocenters. The van der Waals surface area contributed by atoms with Gasteiger partial charge in [0.25, 0.3) is 11.8 Å². The van der Waals surface area contributed by atoms with E-state index < -0.39 is 0 Å². The molecule has 5 nitrogen and oxygen atoms in total. The Balaban J connectivity index is 1.90. The summed E-state index contributed by atoms with van der Waals surface area (Å²) in [4.78, 5) is 7.03. The highest BCUT2D eigenvalue weighted by Gasteiger charge is 2.20. The molecule has 16 heavy (non-hydrogen) atoms. The molecule has 6 heteroatoms. The van der Waals surface area contributed by atoms with Crippen molar-refractivity contribution < 1.29 is 9.63 Å². The fourth-order valence-electron chi connectivity index (χ4n) is 1.82. The number of rotatable bonds is 2. The summed E-state index contributed by atoms with van der Waals surface area (Å²) >= 11 is 1.39. The summed E-state index contributed by atoms with van der Waals surface area (Å²) in [6.45, 7) is 1.96. The molecule has 0 bridgehead atoms. The van der Waals surface area contributed by atoms with Crippen LogP contribution in [0.2, 0.25) is 0 Å². The van der Waals surface area contributed by atoms with Gasteiger partial charge in [-0.05, 0) is 29.4 Å². The predicted octanol–water partition coefficient (Wildman–Crippen LogP) is 2.10. The van der Waals surface area contributed by atoms with Crippen LogP contribution in [0.3, 0.4) is 0 Å². The lowest BCUT2D eigenvalue weighted by Gasteiger charge is -2.09. The van der Waals surface area contributed by atoms with E-state index >= 15 is 0 Å². The number of hydrogen-bond donors (Lipinski definition) is 1. The Morgan fingerprint density at radius 2 is 2.19 bits per heavy atom. The van der Waals surface area contributed by atoms with Crippen molar-refractivity contribution in [2.75, 3.05) is 18.0 Å². The number of aromatic nitrogens is 2. The Morgan fingerprint density at radius 3 is 2.88 bits per heavy atom.